The smallest absolute Gasteiger partial charge is 0.305 e. The number of carbonyl (C=O) groups is 3. The lowest BCUT2D eigenvalue weighted by Crippen LogP contribution is -2.34. The molecular weight excluding hydrogens is 476 g/mol. The highest BCUT2D eigenvalue weighted by atomic mass is 32.2. The molecule has 0 bridgehead atoms. The minimum absolute atomic E-state index is 0.0778. The van der Waals surface area contributed by atoms with Gasteiger partial charge in [-0.1, -0.05) is 30.0 Å². The first-order valence-electron chi connectivity index (χ1n) is 11.4. The number of thioether (sulfide) groups is 1. The summed E-state index contributed by atoms with van der Waals surface area (Å²) in [5, 5.41) is 0. The third kappa shape index (κ3) is 7.73. The molecule has 0 radical (unpaired) electrons. The second-order valence-electron chi connectivity index (χ2n) is 7.24. The second-order valence-corrected chi connectivity index (χ2v) is 8.91. The number of hydrogen-bond acceptors (Lipinski definition) is 8. The first kappa shape index (κ1) is 27.7. The number of esters is 1. The normalized spacial score (nSPS) is 14.5. The fourth-order valence-electron chi connectivity index (χ4n) is 3.27. The van der Waals surface area contributed by atoms with Crippen molar-refractivity contribution < 1.29 is 28.6 Å². The molecule has 1 aliphatic rings. The Hall–Kier alpha value is -2.59. The number of nitrogens with zero attached hydrogens (tertiary/aromatic N) is 2. The van der Waals surface area contributed by atoms with Gasteiger partial charge in [-0.05, 0) is 57.9 Å². The van der Waals surface area contributed by atoms with Crippen LogP contribution in [0.4, 0.5) is 0 Å². The van der Waals surface area contributed by atoms with E-state index >= 15 is 0 Å². The molecule has 186 valence electrons. The summed E-state index contributed by atoms with van der Waals surface area (Å²) in [7, 11) is 0. The predicted molar refractivity (Wildman–Crippen MR) is 137 cm³/mol. The SMILES string of the molecule is CCOC(=O)CCCN1C(=O)/C(=C\c2ccc(OCC(=O)N(CC)CC)c(OCC)c2)SC1=S. The lowest BCUT2D eigenvalue weighted by molar-refractivity contribution is -0.143. The van der Waals surface area contributed by atoms with Crippen molar-refractivity contribution in [1.82, 2.24) is 9.80 Å². The predicted octanol–water partition coefficient (Wildman–Crippen LogP) is 3.88. The van der Waals surface area contributed by atoms with Crippen LogP contribution in [0.5, 0.6) is 11.5 Å². The molecule has 1 heterocycles. The molecule has 8 nitrogen and oxygen atoms in total. The minimum atomic E-state index is -0.284. The van der Waals surface area contributed by atoms with Crippen LogP contribution in [-0.4, -0.2) is 71.4 Å². The highest BCUT2D eigenvalue weighted by molar-refractivity contribution is 8.26. The maximum absolute atomic E-state index is 12.8. The maximum atomic E-state index is 12.8. The van der Waals surface area contributed by atoms with Crippen LogP contribution < -0.4 is 9.47 Å². The lowest BCUT2D eigenvalue weighted by atomic mass is 10.2. The Bertz CT molecular complexity index is 930. The molecule has 1 aromatic carbocycles. The van der Waals surface area contributed by atoms with Gasteiger partial charge in [-0.25, -0.2) is 0 Å². The molecule has 10 heteroatoms. The van der Waals surface area contributed by atoms with Gasteiger partial charge in [0.2, 0.25) is 0 Å². The fraction of sp³-hybridized carbons (Fsp3) is 0.500. The van der Waals surface area contributed by atoms with Gasteiger partial charge in [0.25, 0.3) is 11.8 Å². The maximum Gasteiger partial charge on any atom is 0.305 e. The molecular formula is C24H32N2O6S2. The Morgan fingerprint density at radius 1 is 1.09 bits per heavy atom. The van der Waals surface area contributed by atoms with E-state index in [0.717, 1.165) is 5.56 Å². The highest BCUT2D eigenvalue weighted by Gasteiger charge is 2.31. The van der Waals surface area contributed by atoms with E-state index in [9.17, 15) is 14.4 Å². The van der Waals surface area contributed by atoms with E-state index in [4.69, 9.17) is 26.4 Å². The van der Waals surface area contributed by atoms with Gasteiger partial charge in [0.15, 0.2) is 18.1 Å². The van der Waals surface area contributed by atoms with E-state index in [1.807, 2.05) is 20.8 Å². The zero-order valence-electron chi connectivity index (χ0n) is 20.1. The molecule has 0 atom stereocenters. The quantitative estimate of drug-likeness (QED) is 0.226. The summed E-state index contributed by atoms with van der Waals surface area (Å²) in [5.41, 5.74) is 0.748. The van der Waals surface area contributed by atoms with E-state index in [2.05, 4.69) is 0 Å². The van der Waals surface area contributed by atoms with E-state index in [-0.39, 0.29) is 30.8 Å². The Kier molecular flexibility index (Phi) is 11.4. The van der Waals surface area contributed by atoms with Gasteiger partial charge in [0, 0.05) is 26.1 Å². The first-order chi connectivity index (χ1) is 16.3. The van der Waals surface area contributed by atoms with Crippen LogP contribution in [-0.2, 0) is 19.1 Å². The molecule has 0 spiro atoms. The molecule has 0 N–H and O–H groups in total. The van der Waals surface area contributed by atoms with Crippen molar-refractivity contribution in [2.75, 3.05) is 39.5 Å². The number of likely N-dealkylation sites (N-methyl/N-ethyl adjacent to an activating group) is 1. The number of thiocarbonyl (C=S) groups is 1. The summed E-state index contributed by atoms with van der Waals surface area (Å²) in [6.45, 7) is 9.74. The van der Waals surface area contributed by atoms with Crippen LogP contribution in [0.1, 0.15) is 46.1 Å². The second kappa shape index (κ2) is 14.0. The van der Waals surface area contributed by atoms with Crippen LogP contribution in [0, 0.1) is 0 Å². The molecule has 1 saturated heterocycles. The van der Waals surface area contributed by atoms with Crippen LogP contribution in [0.2, 0.25) is 0 Å². The van der Waals surface area contributed by atoms with E-state index in [1.165, 1.54) is 16.7 Å². The number of carbonyl (C=O) groups excluding carboxylic acids is 3. The molecule has 1 fully saturated rings. The van der Waals surface area contributed by atoms with Crippen LogP contribution in [0.25, 0.3) is 6.08 Å². The molecule has 2 rings (SSSR count). The van der Waals surface area contributed by atoms with Gasteiger partial charge in [0.05, 0.1) is 18.1 Å². The summed E-state index contributed by atoms with van der Waals surface area (Å²) >= 11 is 6.58. The number of rotatable bonds is 13. The van der Waals surface area contributed by atoms with Crippen molar-refractivity contribution in [2.24, 2.45) is 0 Å². The number of ether oxygens (including phenoxy) is 3. The zero-order chi connectivity index (χ0) is 25.1. The number of amides is 2. The Morgan fingerprint density at radius 3 is 2.47 bits per heavy atom. The summed E-state index contributed by atoms with van der Waals surface area (Å²) in [6, 6.07) is 5.30. The van der Waals surface area contributed by atoms with Gasteiger partial charge in [-0.15, -0.1) is 0 Å². The van der Waals surface area contributed by atoms with Crippen molar-refractivity contribution >= 4 is 52.2 Å². The van der Waals surface area contributed by atoms with E-state index in [0.29, 0.717) is 60.0 Å². The topological polar surface area (TPSA) is 85.4 Å². The average Bonchev–Trinajstić information content (AvgIpc) is 3.07. The van der Waals surface area contributed by atoms with Crippen molar-refractivity contribution in [2.45, 2.75) is 40.5 Å². The Morgan fingerprint density at radius 2 is 1.82 bits per heavy atom. The van der Waals surface area contributed by atoms with Crippen molar-refractivity contribution in [3.8, 4) is 11.5 Å². The van der Waals surface area contributed by atoms with Crippen molar-refractivity contribution in [3.05, 3.63) is 28.7 Å². The number of benzene rings is 1. The van der Waals surface area contributed by atoms with Crippen LogP contribution in [0.15, 0.2) is 23.1 Å². The molecule has 1 aliphatic heterocycles. The van der Waals surface area contributed by atoms with Crippen molar-refractivity contribution in [3.63, 3.8) is 0 Å². The molecule has 0 aliphatic carbocycles. The average molecular weight is 509 g/mol. The molecule has 2 amide bonds. The summed E-state index contributed by atoms with van der Waals surface area (Å²) in [5.74, 6) is 0.387. The zero-order valence-corrected chi connectivity index (χ0v) is 21.8. The molecule has 0 unspecified atom stereocenters. The minimum Gasteiger partial charge on any atom is -0.490 e. The van der Waals surface area contributed by atoms with Gasteiger partial charge in [0.1, 0.15) is 4.32 Å². The van der Waals surface area contributed by atoms with Gasteiger partial charge in [-0.2, -0.15) is 0 Å². The van der Waals surface area contributed by atoms with E-state index < -0.39 is 0 Å². The molecule has 0 aromatic heterocycles. The summed E-state index contributed by atoms with van der Waals surface area (Å²) in [6.07, 6.45) is 2.46. The molecule has 1 aromatic rings. The monoisotopic (exact) mass is 508 g/mol. The molecule has 34 heavy (non-hydrogen) atoms. The highest BCUT2D eigenvalue weighted by Crippen LogP contribution is 2.35. The molecule has 0 saturated carbocycles. The standard InChI is InChI=1S/C24H32N2O6S2/c1-5-25(6-2)21(27)16-32-18-12-11-17(14-19(18)30-7-3)15-20-23(29)26(24(33)34-20)13-9-10-22(28)31-8-4/h11-12,14-15H,5-10,13,16H2,1-4H3/b20-15+. The largest absolute Gasteiger partial charge is 0.490 e. The summed E-state index contributed by atoms with van der Waals surface area (Å²) in [4.78, 5) is 40.3. The lowest BCUT2D eigenvalue weighted by Gasteiger charge is -2.19. The van der Waals surface area contributed by atoms with Crippen LogP contribution in [0.3, 0.4) is 0 Å². The van der Waals surface area contributed by atoms with Gasteiger partial charge < -0.3 is 19.1 Å². The third-order valence-electron chi connectivity index (χ3n) is 4.97. The van der Waals surface area contributed by atoms with Crippen LogP contribution >= 0.6 is 24.0 Å². The first-order valence-corrected chi connectivity index (χ1v) is 12.6. The fourth-order valence-corrected chi connectivity index (χ4v) is 4.58. The third-order valence-corrected chi connectivity index (χ3v) is 6.35. The van der Waals surface area contributed by atoms with Crippen molar-refractivity contribution in [1.29, 1.82) is 0 Å². The van der Waals surface area contributed by atoms with E-state index in [1.54, 1.807) is 36.1 Å². The Labute approximate surface area is 210 Å². The Balaban J connectivity index is 2.08. The van der Waals surface area contributed by atoms with Gasteiger partial charge >= 0.3 is 5.97 Å². The summed E-state index contributed by atoms with van der Waals surface area (Å²) < 4.78 is 16.8. The number of hydrogen-bond donors (Lipinski definition) is 0. The van der Waals surface area contributed by atoms with Gasteiger partial charge in [-0.3, -0.25) is 19.3 Å².